The Bertz CT molecular complexity index is 700. The van der Waals surface area contributed by atoms with Crippen molar-refractivity contribution in [3.8, 4) is 0 Å². The molecule has 4 heteroatoms. The maximum Gasteiger partial charge on any atom is 0.252 e. The molecule has 0 aliphatic carbocycles. The molecular weight excluding hydrogens is 264 g/mol. The monoisotopic (exact) mass is 286 g/mol. The van der Waals surface area contributed by atoms with E-state index in [0.29, 0.717) is 12.6 Å². The first-order valence-corrected chi connectivity index (χ1v) is 7.59. The fourth-order valence-electron chi connectivity index (χ4n) is 2.83. The number of aryl methyl sites for hydroxylation is 2. The molecule has 0 saturated carbocycles. The number of aromatic amines is 1. The molecule has 1 saturated heterocycles. The lowest BCUT2D eigenvalue weighted by atomic mass is 10.0. The molecule has 1 aromatic heterocycles. The minimum Gasteiger partial charge on any atom is -0.377 e. The molecule has 3 rings (SSSR count). The highest BCUT2D eigenvalue weighted by molar-refractivity contribution is 5.80. The van der Waals surface area contributed by atoms with Crippen LogP contribution in [0.15, 0.2) is 23.0 Å². The van der Waals surface area contributed by atoms with Crippen LogP contribution in [0.5, 0.6) is 0 Å². The number of nitrogens with one attached hydrogen (secondary N) is 2. The zero-order chi connectivity index (χ0) is 14.8. The van der Waals surface area contributed by atoms with Gasteiger partial charge in [-0.1, -0.05) is 0 Å². The van der Waals surface area contributed by atoms with Crippen LogP contribution in [0.1, 0.15) is 29.5 Å². The van der Waals surface area contributed by atoms with E-state index in [0.717, 1.165) is 42.5 Å². The summed E-state index contributed by atoms with van der Waals surface area (Å²) < 4.78 is 5.57. The Hall–Kier alpha value is -1.65. The van der Waals surface area contributed by atoms with E-state index in [2.05, 4.69) is 30.2 Å². The summed E-state index contributed by atoms with van der Waals surface area (Å²) in [6, 6.07) is 6.16. The van der Waals surface area contributed by atoms with Gasteiger partial charge in [0.2, 0.25) is 0 Å². The van der Waals surface area contributed by atoms with Gasteiger partial charge in [0.25, 0.3) is 5.56 Å². The lowest BCUT2D eigenvalue weighted by Crippen LogP contribution is -2.28. The first-order valence-electron chi connectivity index (χ1n) is 7.59. The van der Waals surface area contributed by atoms with Gasteiger partial charge in [-0.3, -0.25) is 4.79 Å². The van der Waals surface area contributed by atoms with E-state index in [9.17, 15) is 4.79 Å². The number of hydrogen-bond donors (Lipinski definition) is 2. The molecule has 0 spiro atoms. The zero-order valence-corrected chi connectivity index (χ0v) is 12.7. The molecule has 1 aliphatic heterocycles. The summed E-state index contributed by atoms with van der Waals surface area (Å²) in [6.45, 7) is 6.41. The summed E-state index contributed by atoms with van der Waals surface area (Å²) in [5, 5.41) is 4.42. The Kier molecular flexibility index (Phi) is 4.08. The van der Waals surface area contributed by atoms with Crippen molar-refractivity contribution in [2.75, 3.05) is 13.2 Å². The van der Waals surface area contributed by atoms with Crippen LogP contribution in [0, 0.1) is 13.8 Å². The Morgan fingerprint density at radius 1 is 1.29 bits per heavy atom. The fourth-order valence-corrected chi connectivity index (χ4v) is 2.83. The molecule has 0 amide bonds. The summed E-state index contributed by atoms with van der Waals surface area (Å²) in [4.78, 5) is 15.1. The first kappa shape index (κ1) is 14.3. The van der Waals surface area contributed by atoms with Crippen LogP contribution < -0.4 is 10.9 Å². The number of pyridine rings is 1. The molecule has 0 bridgehead atoms. The van der Waals surface area contributed by atoms with Gasteiger partial charge in [-0.15, -0.1) is 0 Å². The number of aromatic nitrogens is 1. The predicted octanol–water partition coefficient (Wildman–Crippen LogP) is 2.41. The Morgan fingerprint density at radius 3 is 2.86 bits per heavy atom. The highest BCUT2D eigenvalue weighted by Crippen LogP contribution is 2.17. The average Bonchev–Trinajstić information content (AvgIpc) is 2.95. The molecule has 21 heavy (non-hydrogen) atoms. The average molecular weight is 286 g/mol. The number of fused-ring (bicyclic) bond motifs is 1. The van der Waals surface area contributed by atoms with Crippen LogP contribution in [0.3, 0.4) is 0 Å². The van der Waals surface area contributed by atoms with E-state index in [1.807, 2.05) is 12.1 Å². The summed E-state index contributed by atoms with van der Waals surface area (Å²) in [7, 11) is 0. The van der Waals surface area contributed by atoms with E-state index in [-0.39, 0.29) is 5.56 Å². The minimum absolute atomic E-state index is 0.00871. The van der Waals surface area contributed by atoms with Gasteiger partial charge < -0.3 is 15.0 Å². The third-order valence-electron chi connectivity index (χ3n) is 4.25. The fraction of sp³-hybridized carbons (Fsp3) is 0.471. The van der Waals surface area contributed by atoms with Crippen molar-refractivity contribution in [3.05, 3.63) is 45.2 Å². The SMILES string of the molecule is Cc1cc2cc(CNCC3CCCO3)c(=O)[nH]c2cc1C. The normalized spacial score (nSPS) is 18.5. The van der Waals surface area contributed by atoms with E-state index < -0.39 is 0 Å². The number of benzene rings is 1. The van der Waals surface area contributed by atoms with E-state index in [1.165, 1.54) is 11.1 Å². The van der Waals surface area contributed by atoms with Crippen LogP contribution >= 0.6 is 0 Å². The molecule has 2 N–H and O–H groups in total. The number of rotatable bonds is 4. The second-order valence-corrected chi connectivity index (χ2v) is 5.91. The third kappa shape index (κ3) is 3.17. The first-order chi connectivity index (χ1) is 10.1. The van der Waals surface area contributed by atoms with Crippen molar-refractivity contribution in [2.45, 2.75) is 39.3 Å². The van der Waals surface area contributed by atoms with E-state index in [1.54, 1.807) is 0 Å². The second-order valence-electron chi connectivity index (χ2n) is 5.91. The molecular formula is C17H22N2O2. The molecule has 0 radical (unpaired) electrons. The van der Waals surface area contributed by atoms with Crippen molar-refractivity contribution in [1.29, 1.82) is 0 Å². The van der Waals surface area contributed by atoms with Crippen molar-refractivity contribution in [2.24, 2.45) is 0 Å². The van der Waals surface area contributed by atoms with Crippen LogP contribution in [-0.4, -0.2) is 24.2 Å². The summed E-state index contributed by atoms with van der Waals surface area (Å²) in [5.41, 5.74) is 4.12. The van der Waals surface area contributed by atoms with Gasteiger partial charge in [0, 0.05) is 30.8 Å². The Labute approximate surface area is 124 Å². The molecule has 1 aliphatic rings. The molecule has 112 valence electrons. The van der Waals surface area contributed by atoms with Gasteiger partial charge >= 0.3 is 0 Å². The summed E-state index contributed by atoms with van der Waals surface area (Å²) in [5.74, 6) is 0. The topological polar surface area (TPSA) is 54.1 Å². The van der Waals surface area contributed by atoms with Crippen molar-refractivity contribution < 1.29 is 4.74 Å². The maximum absolute atomic E-state index is 12.1. The van der Waals surface area contributed by atoms with Gasteiger partial charge in [0.05, 0.1) is 6.10 Å². The van der Waals surface area contributed by atoms with Gasteiger partial charge in [0.15, 0.2) is 0 Å². The largest absolute Gasteiger partial charge is 0.377 e. The van der Waals surface area contributed by atoms with Crippen LogP contribution in [0.2, 0.25) is 0 Å². The lowest BCUT2D eigenvalue weighted by Gasteiger charge is -2.11. The van der Waals surface area contributed by atoms with Crippen LogP contribution in [0.4, 0.5) is 0 Å². The standard InChI is InChI=1S/C17H22N2O2/c1-11-6-13-8-14(9-18-10-15-4-3-5-21-15)17(20)19-16(13)7-12(11)2/h6-8,15,18H,3-5,9-10H2,1-2H3,(H,19,20). The van der Waals surface area contributed by atoms with Gasteiger partial charge in [-0.25, -0.2) is 0 Å². The molecule has 2 aromatic rings. The number of ether oxygens (including phenoxy) is 1. The molecule has 1 unspecified atom stereocenters. The van der Waals surface area contributed by atoms with E-state index in [4.69, 9.17) is 4.74 Å². The molecule has 1 fully saturated rings. The van der Waals surface area contributed by atoms with Gasteiger partial charge in [-0.2, -0.15) is 0 Å². The van der Waals surface area contributed by atoms with Crippen molar-refractivity contribution in [3.63, 3.8) is 0 Å². The van der Waals surface area contributed by atoms with Crippen LogP contribution in [-0.2, 0) is 11.3 Å². The highest BCUT2D eigenvalue weighted by Gasteiger charge is 2.14. The van der Waals surface area contributed by atoms with Gasteiger partial charge in [-0.05, 0) is 61.4 Å². The third-order valence-corrected chi connectivity index (χ3v) is 4.25. The van der Waals surface area contributed by atoms with Crippen LogP contribution in [0.25, 0.3) is 10.9 Å². The smallest absolute Gasteiger partial charge is 0.252 e. The van der Waals surface area contributed by atoms with Gasteiger partial charge in [0.1, 0.15) is 0 Å². The van der Waals surface area contributed by atoms with Crippen molar-refractivity contribution in [1.82, 2.24) is 10.3 Å². The molecule has 2 heterocycles. The number of H-pyrrole nitrogens is 1. The minimum atomic E-state index is -0.00871. The summed E-state index contributed by atoms with van der Waals surface area (Å²) >= 11 is 0. The molecule has 4 nitrogen and oxygen atoms in total. The highest BCUT2D eigenvalue weighted by atomic mass is 16.5. The molecule has 1 atom stereocenters. The molecule has 1 aromatic carbocycles. The zero-order valence-electron chi connectivity index (χ0n) is 12.7. The predicted molar refractivity (Wildman–Crippen MR) is 84.7 cm³/mol. The maximum atomic E-state index is 12.1. The quantitative estimate of drug-likeness (QED) is 0.907. The Balaban J connectivity index is 1.76. The Morgan fingerprint density at radius 2 is 2.10 bits per heavy atom. The van der Waals surface area contributed by atoms with E-state index >= 15 is 0 Å². The second kappa shape index (κ2) is 6.00. The number of hydrogen-bond acceptors (Lipinski definition) is 3. The van der Waals surface area contributed by atoms with Crippen molar-refractivity contribution >= 4 is 10.9 Å². The summed E-state index contributed by atoms with van der Waals surface area (Å²) in [6.07, 6.45) is 2.55. The lowest BCUT2D eigenvalue weighted by molar-refractivity contribution is 0.110.